The summed E-state index contributed by atoms with van der Waals surface area (Å²) in [7, 11) is 0. The fourth-order valence-electron chi connectivity index (χ4n) is 2.39. The molecular weight excluding hydrogens is 232 g/mol. The normalized spacial score (nSPS) is 26.5. The van der Waals surface area contributed by atoms with Crippen LogP contribution in [0.2, 0.25) is 0 Å². The summed E-state index contributed by atoms with van der Waals surface area (Å²) >= 11 is 0. The third-order valence-electron chi connectivity index (χ3n) is 3.50. The number of rotatable bonds is 2. The monoisotopic (exact) mass is 250 g/mol. The summed E-state index contributed by atoms with van der Waals surface area (Å²) in [5.41, 5.74) is 0.224. The fourth-order valence-corrected chi connectivity index (χ4v) is 2.39. The lowest BCUT2D eigenvalue weighted by molar-refractivity contribution is 0.0885. The predicted octanol–water partition coefficient (Wildman–Crippen LogP) is 0.607. The number of anilines is 1. The van der Waals surface area contributed by atoms with Gasteiger partial charge in [-0.15, -0.1) is 0 Å². The number of carbonyl (C=O) groups is 1. The minimum Gasteiger partial charge on any atom is -0.379 e. The first kappa shape index (κ1) is 11.5. The first-order valence-corrected chi connectivity index (χ1v) is 6.38. The molecule has 2 N–H and O–H groups in total. The summed E-state index contributed by atoms with van der Waals surface area (Å²) in [5, 5.41) is 6.20. The quantitative estimate of drug-likeness (QED) is 0.807. The molecule has 1 aromatic heterocycles. The highest BCUT2D eigenvalue weighted by Crippen LogP contribution is 2.19. The van der Waals surface area contributed by atoms with Gasteiger partial charge in [0.25, 0.3) is 5.91 Å². The smallest absolute Gasteiger partial charge is 0.272 e. The van der Waals surface area contributed by atoms with Crippen molar-refractivity contribution < 1.29 is 9.53 Å². The predicted molar refractivity (Wildman–Crippen MR) is 66.6 cm³/mol. The molecule has 0 spiro atoms. The maximum absolute atomic E-state index is 12.2. The van der Waals surface area contributed by atoms with Gasteiger partial charge in [-0.1, -0.05) is 0 Å². The van der Waals surface area contributed by atoms with Crippen LogP contribution in [0.3, 0.4) is 0 Å². The molecule has 1 unspecified atom stereocenters. The highest BCUT2D eigenvalue weighted by Gasteiger charge is 2.32. The molecule has 1 fully saturated rings. The van der Waals surface area contributed by atoms with Gasteiger partial charge in [-0.25, -0.2) is 4.98 Å². The van der Waals surface area contributed by atoms with Crippen molar-refractivity contribution in [2.75, 3.05) is 25.1 Å². The molecule has 6 heteroatoms. The number of fused-ring (bicyclic) bond motifs is 1. The van der Waals surface area contributed by atoms with E-state index in [1.165, 1.54) is 0 Å². The zero-order valence-corrected chi connectivity index (χ0v) is 10.5. The van der Waals surface area contributed by atoms with Crippen LogP contribution in [0.15, 0.2) is 6.20 Å². The molecular formula is C12H18N4O2. The van der Waals surface area contributed by atoms with Crippen LogP contribution in [-0.2, 0) is 11.3 Å². The van der Waals surface area contributed by atoms with E-state index in [-0.39, 0.29) is 11.4 Å². The third-order valence-corrected chi connectivity index (χ3v) is 3.50. The highest BCUT2D eigenvalue weighted by molar-refractivity contribution is 5.93. The van der Waals surface area contributed by atoms with Gasteiger partial charge in [0, 0.05) is 25.9 Å². The van der Waals surface area contributed by atoms with E-state index in [2.05, 4.69) is 15.6 Å². The molecule has 0 aliphatic carbocycles. The topological polar surface area (TPSA) is 68.2 Å². The second-order valence-corrected chi connectivity index (χ2v) is 5.24. The van der Waals surface area contributed by atoms with Gasteiger partial charge in [0.1, 0.15) is 5.69 Å². The SMILES string of the molecule is CC1(NC(=O)c2cn3c(n2)NCCC3)CCOC1. The summed E-state index contributed by atoms with van der Waals surface area (Å²) < 4.78 is 7.32. The van der Waals surface area contributed by atoms with E-state index < -0.39 is 0 Å². The van der Waals surface area contributed by atoms with Crippen molar-refractivity contribution in [2.24, 2.45) is 0 Å². The third kappa shape index (κ3) is 2.08. The molecule has 1 amide bonds. The van der Waals surface area contributed by atoms with Crippen molar-refractivity contribution >= 4 is 11.9 Å². The summed E-state index contributed by atoms with van der Waals surface area (Å²) in [4.78, 5) is 16.5. The number of hydrogen-bond donors (Lipinski definition) is 2. The number of imidazole rings is 1. The summed E-state index contributed by atoms with van der Waals surface area (Å²) in [6.45, 7) is 5.13. The number of aromatic nitrogens is 2. The largest absolute Gasteiger partial charge is 0.379 e. The molecule has 6 nitrogen and oxygen atoms in total. The van der Waals surface area contributed by atoms with Gasteiger partial charge in [-0.3, -0.25) is 4.79 Å². The first-order chi connectivity index (χ1) is 8.66. The minimum atomic E-state index is -0.255. The van der Waals surface area contributed by atoms with Crippen LogP contribution in [0.1, 0.15) is 30.3 Å². The second-order valence-electron chi connectivity index (χ2n) is 5.24. The van der Waals surface area contributed by atoms with E-state index in [1.54, 1.807) is 0 Å². The molecule has 2 aliphatic heterocycles. The number of nitrogens with one attached hydrogen (secondary N) is 2. The molecule has 1 atom stereocenters. The summed E-state index contributed by atoms with van der Waals surface area (Å²) in [6, 6.07) is 0. The van der Waals surface area contributed by atoms with Crippen LogP contribution >= 0.6 is 0 Å². The molecule has 18 heavy (non-hydrogen) atoms. The van der Waals surface area contributed by atoms with Crippen LogP contribution in [0, 0.1) is 0 Å². The zero-order chi connectivity index (χ0) is 12.6. The van der Waals surface area contributed by atoms with Crippen LogP contribution in [0.5, 0.6) is 0 Å². The van der Waals surface area contributed by atoms with Crippen molar-refractivity contribution in [3.05, 3.63) is 11.9 Å². The Balaban J connectivity index is 1.74. The highest BCUT2D eigenvalue weighted by atomic mass is 16.5. The minimum absolute atomic E-state index is 0.119. The molecule has 0 radical (unpaired) electrons. The molecule has 1 aromatic rings. The van der Waals surface area contributed by atoms with Gasteiger partial charge in [0.05, 0.1) is 12.1 Å². The van der Waals surface area contributed by atoms with Crippen molar-refractivity contribution in [3.8, 4) is 0 Å². The number of carbonyl (C=O) groups excluding carboxylic acids is 1. The molecule has 0 aromatic carbocycles. The molecule has 0 bridgehead atoms. The van der Waals surface area contributed by atoms with Gasteiger partial charge < -0.3 is 19.9 Å². The summed E-state index contributed by atoms with van der Waals surface area (Å²) in [5.74, 6) is 0.672. The molecule has 2 aliphatic rings. The van der Waals surface area contributed by atoms with E-state index in [1.807, 2.05) is 17.7 Å². The van der Waals surface area contributed by atoms with Crippen LogP contribution in [0.4, 0.5) is 5.95 Å². The number of nitrogens with zero attached hydrogens (tertiary/aromatic N) is 2. The maximum Gasteiger partial charge on any atom is 0.272 e. The van der Waals surface area contributed by atoms with Gasteiger partial charge in [0.2, 0.25) is 5.95 Å². The number of hydrogen-bond acceptors (Lipinski definition) is 4. The van der Waals surface area contributed by atoms with Crippen molar-refractivity contribution in [2.45, 2.75) is 31.8 Å². The standard InChI is InChI=1S/C12H18N4O2/c1-12(3-6-18-8-12)15-10(17)9-7-16-5-2-4-13-11(16)14-9/h7H,2-6,8H2,1H3,(H,13,14)(H,15,17). The van der Waals surface area contributed by atoms with E-state index in [0.29, 0.717) is 18.9 Å². The Hall–Kier alpha value is -1.56. The number of aryl methyl sites for hydroxylation is 1. The van der Waals surface area contributed by atoms with Crippen LogP contribution in [0.25, 0.3) is 0 Å². The summed E-state index contributed by atoms with van der Waals surface area (Å²) in [6.07, 6.45) is 3.73. The Kier molecular flexibility index (Phi) is 2.74. The van der Waals surface area contributed by atoms with Gasteiger partial charge in [-0.2, -0.15) is 0 Å². The van der Waals surface area contributed by atoms with E-state index in [4.69, 9.17) is 4.74 Å². The van der Waals surface area contributed by atoms with E-state index in [9.17, 15) is 4.79 Å². The van der Waals surface area contributed by atoms with E-state index in [0.717, 1.165) is 31.9 Å². The second kappa shape index (κ2) is 4.28. The molecule has 1 saturated heterocycles. The Labute approximate surface area is 106 Å². The Morgan fingerprint density at radius 1 is 1.67 bits per heavy atom. The van der Waals surface area contributed by atoms with Gasteiger partial charge >= 0.3 is 0 Å². The van der Waals surface area contributed by atoms with Gasteiger partial charge in [-0.05, 0) is 19.8 Å². The number of amides is 1. The Morgan fingerprint density at radius 3 is 3.28 bits per heavy atom. The van der Waals surface area contributed by atoms with Crippen molar-refractivity contribution in [1.82, 2.24) is 14.9 Å². The molecule has 0 saturated carbocycles. The number of ether oxygens (including phenoxy) is 1. The van der Waals surface area contributed by atoms with E-state index >= 15 is 0 Å². The average molecular weight is 250 g/mol. The van der Waals surface area contributed by atoms with Crippen LogP contribution in [-0.4, -0.2) is 40.8 Å². The first-order valence-electron chi connectivity index (χ1n) is 6.38. The van der Waals surface area contributed by atoms with Crippen molar-refractivity contribution in [1.29, 1.82) is 0 Å². The Morgan fingerprint density at radius 2 is 2.56 bits per heavy atom. The lowest BCUT2D eigenvalue weighted by Gasteiger charge is -2.22. The Bertz CT molecular complexity index is 439. The zero-order valence-electron chi connectivity index (χ0n) is 10.5. The molecule has 3 rings (SSSR count). The fraction of sp³-hybridized carbons (Fsp3) is 0.667. The maximum atomic E-state index is 12.2. The van der Waals surface area contributed by atoms with Crippen LogP contribution < -0.4 is 10.6 Å². The lowest BCUT2D eigenvalue weighted by atomic mass is 10.0. The van der Waals surface area contributed by atoms with Gasteiger partial charge in [0.15, 0.2) is 0 Å². The average Bonchev–Trinajstić information content (AvgIpc) is 2.95. The molecule has 98 valence electrons. The molecule has 3 heterocycles. The van der Waals surface area contributed by atoms with Crippen molar-refractivity contribution in [3.63, 3.8) is 0 Å². The lowest BCUT2D eigenvalue weighted by Crippen LogP contribution is -2.46.